The number of benzene rings is 4. The molecule has 6 rings (SSSR count). The summed E-state index contributed by atoms with van der Waals surface area (Å²) in [5.41, 5.74) is 1.65. The molecule has 0 bridgehead atoms. The van der Waals surface area contributed by atoms with Gasteiger partial charge in [0, 0.05) is 37.0 Å². The van der Waals surface area contributed by atoms with E-state index < -0.39 is 82.3 Å². The SMILES string of the molecule is CCC(C)(C)C(=O)C(=O)N1CCCC[C@H]1C(=O)O[C@H](CCc1ccccc1)c1cccc(OCC(=O)NCCNC(=O)COc2cccc([C@@H](CCc3ccccc3)OC(=O)[C@@H]3CCCCN3C(=O)C(=O)C(C)(C)CC)c2)c1. The molecule has 4 atom stereocenters. The molecule has 0 saturated carbocycles. The highest BCUT2D eigenvalue weighted by Crippen LogP contribution is 2.33. The zero-order valence-corrected chi connectivity index (χ0v) is 46.2. The first-order valence-electron chi connectivity index (χ1n) is 27.6. The second kappa shape index (κ2) is 28.9. The molecule has 2 aliphatic heterocycles. The number of Topliss-reactive ketones (excluding diaryl/α,β-unsaturated/α-hetero) is 2. The number of ketones is 2. The summed E-state index contributed by atoms with van der Waals surface area (Å²) in [5.74, 6) is -3.66. The van der Waals surface area contributed by atoms with Crippen molar-refractivity contribution in [3.8, 4) is 11.5 Å². The predicted octanol–water partition coefficient (Wildman–Crippen LogP) is 8.58. The molecule has 16 heteroatoms. The number of amides is 4. The number of nitrogens with one attached hydrogen (secondary N) is 2. The maximum Gasteiger partial charge on any atom is 0.329 e. The van der Waals surface area contributed by atoms with E-state index in [-0.39, 0.29) is 39.4 Å². The van der Waals surface area contributed by atoms with Crippen LogP contribution in [0.1, 0.15) is 140 Å². The van der Waals surface area contributed by atoms with Crippen LogP contribution in [0.4, 0.5) is 0 Å². The molecular weight excluding hydrogens is 993 g/mol. The van der Waals surface area contributed by atoms with Crippen LogP contribution in [0.3, 0.4) is 0 Å². The Labute approximate surface area is 459 Å². The Morgan fingerprint density at radius 3 is 1.28 bits per heavy atom. The third kappa shape index (κ3) is 17.1. The van der Waals surface area contributed by atoms with E-state index in [1.165, 1.54) is 9.80 Å². The number of esters is 2. The molecule has 16 nitrogen and oxygen atoms in total. The number of ether oxygens (including phenoxy) is 4. The van der Waals surface area contributed by atoms with E-state index in [0.29, 0.717) is 99.7 Å². The van der Waals surface area contributed by atoms with Crippen LogP contribution in [0.5, 0.6) is 11.5 Å². The summed E-state index contributed by atoms with van der Waals surface area (Å²) in [4.78, 5) is 110. The molecule has 0 radical (unpaired) electrons. The molecule has 78 heavy (non-hydrogen) atoms. The monoisotopic (exact) mass is 1070 g/mol. The molecule has 2 heterocycles. The fraction of sp³-hybridized carbons (Fsp3) is 0.484. The minimum absolute atomic E-state index is 0.103. The quantitative estimate of drug-likeness (QED) is 0.0328. The first-order chi connectivity index (χ1) is 37.4. The normalized spacial score (nSPS) is 16.4. The summed E-state index contributed by atoms with van der Waals surface area (Å²) in [6.45, 7) is 10.8. The van der Waals surface area contributed by atoms with Crippen molar-refractivity contribution in [2.24, 2.45) is 10.8 Å². The van der Waals surface area contributed by atoms with Crippen molar-refractivity contribution < 1.29 is 57.3 Å². The van der Waals surface area contributed by atoms with E-state index in [0.717, 1.165) is 11.1 Å². The van der Waals surface area contributed by atoms with Crippen molar-refractivity contribution in [1.82, 2.24) is 20.4 Å². The van der Waals surface area contributed by atoms with E-state index in [4.69, 9.17) is 18.9 Å². The van der Waals surface area contributed by atoms with E-state index in [1.54, 1.807) is 64.1 Å². The van der Waals surface area contributed by atoms with Crippen molar-refractivity contribution in [2.45, 2.75) is 143 Å². The number of aryl methyl sites for hydroxylation is 2. The zero-order chi connectivity index (χ0) is 56.2. The summed E-state index contributed by atoms with van der Waals surface area (Å²) in [7, 11) is 0. The highest BCUT2D eigenvalue weighted by molar-refractivity contribution is 6.38. The van der Waals surface area contributed by atoms with Gasteiger partial charge in [-0.15, -0.1) is 0 Å². The average molecular weight is 1070 g/mol. The third-order valence-electron chi connectivity index (χ3n) is 15.0. The number of piperidine rings is 2. The fourth-order valence-electron chi connectivity index (χ4n) is 9.32. The van der Waals surface area contributed by atoms with Crippen LogP contribution in [-0.4, -0.2) is 108 Å². The molecule has 4 amide bonds. The lowest BCUT2D eigenvalue weighted by Gasteiger charge is -2.36. The molecule has 418 valence electrons. The molecule has 2 fully saturated rings. The molecule has 4 aromatic carbocycles. The number of likely N-dealkylation sites (tertiary alicyclic amines) is 2. The molecule has 0 aromatic heterocycles. The van der Waals surface area contributed by atoms with Crippen molar-refractivity contribution in [3.63, 3.8) is 0 Å². The molecule has 0 unspecified atom stereocenters. The van der Waals surface area contributed by atoms with Crippen LogP contribution in [0.15, 0.2) is 109 Å². The van der Waals surface area contributed by atoms with Crippen LogP contribution in [0, 0.1) is 10.8 Å². The highest BCUT2D eigenvalue weighted by atomic mass is 16.6. The van der Waals surface area contributed by atoms with Crippen molar-refractivity contribution >= 4 is 47.1 Å². The van der Waals surface area contributed by atoms with E-state index in [1.807, 2.05) is 86.6 Å². The van der Waals surface area contributed by atoms with Crippen LogP contribution in [-0.2, 0) is 60.7 Å². The number of carbonyl (C=O) groups is 8. The molecular formula is C62H78N4O12. The molecule has 0 aliphatic carbocycles. The van der Waals surface area contributed by atoms with Gasteiger partial charge in [0.2, 0.25) is 11.6 Å². The predicted molar refractivity (Wildman–Crippen MR) is 294 cm³/mol. The summed E-state index contributed by atoms with van der Waals surface area (Å²) >= 11 is 0. The molecule has 2 N–H and O–H groups in total. The number of hydrogen-bond acceptors (Lipinski definition) is 12. The number of nitrogens with zero attached hydrogens (tertiary/aromatic N) is 2. The Morgan fingerprint density at radius 1 is 0.526 bits per heavy atom. The first-order valence-corrected chi connectivity index (χ1v) is 27.6. The lowest BCUT2D eigenvalue weighted by Crippen LogP contribution is -2.53. The minimum atomic E-state index is -0.896. The fourth-order valence-corrected chi connectivity index (χ4v) is 9.32. The summed E-state index contributed by atoms with van der Waals surface area (Å²) in [6, 6.07) is 31.7. The van der Waals surface area contributed by atoms with Gasteiger partial charge in [0.1, 0.15) is 35.8 Å². The van der Waals surface area contributed by atoms with Gasteiger partial charge in [0.15, 0.2) is 13.2 Å². The van der Waals surface area contributed by atoms with Crippen molar-refractivity contribution in [2.75, 3.05) is 39.4 Å². The van der Waals surface area contributed by atoms with Crippen LogP contribution < -0.4 is 20.1 Å². The van der Waals surface area contributed by atoms with Gasteiger partial charge < -0.3 is 39.4 Å². The van der Waals surface area contributed by atoms with Gasteiger partial charge in [0.25, 0.3) is 23.6 Å². The lowest BCUT2D eigenvalue weighted by atomic mass is 9.84. The smallest absolute Gasteiger partial charge is 0.329 e. The van der Waals surface area contributed by atoms with E-state index in [9.17, 15) is 38.4 Å². The Kier molecular flexibility index (Phi) is 22.1. The molecule has 4 aromatic rings. The van der Waals surface area contributed by atoms with Crippen molar-refractivity contribution in [3.05, 3.63) is 131 Å². The van der Waals surface area contributed by atoms with Gasteiger partial charge in [-0.25, -0.2) is 9.59 Å². The van der Waals surface area contributed by atoms with E-state index >= 15 is 0 Å². The topological polar surface area (TPSA) is 204 Å². The Bertz CT molecular complexity index is 2510. The number of carbonyl (C=O) groups excluding carboxylic acids is 8. The van der Waals surface area contributed by atoms with Crippen molar-refractivity contribution in [1.29, 1.82) is 0 Å². The van der Waals surface area contributed by atoms with Gasteiger partial charge in [0.05, 0.1) is 0 Å². The van der Waals surface area contributed by atoms with Crippen LogP contribution in [0.25, 0.3) is 0 Å². The zero-order valence-electron chi connectivity index (χ0n) is 46.2. The molecule has 2 saturated heterocycles. The van der Waals surface area contributed by atoms with E-state index in [2.05, 4.69) is 10.6 Å². The molecule has 0 spiro atoms. The molecule has 2 aliphatic rings. The number of rotatable bonds is 27. The van der Waals surface area contributed by atoms with Gasteiger partial charge >= 0.3 is 11.9 Å². The average Bonchev–Trinajstić information content (AvgIpc) is 3.52. The van der Waals surface area contributed by atoms with Gasteiger partial charge in [-0.3, -0.25) is 28.8 Å². The Balaban J connectivity index is 1.00. The summed E-state index contributed by atoms with van der Waals surface area (Å²) < 4.78 is 24.2. The summed E-state index contributed by atoms with van der Waals surface area (Å²) in [6.07, 6.45) is 5.08. The van der Waals surface area contributed by atoms with Crippen LogP contribution >= 0.6 is 0 Å². The maximum atomic E-state index is 14.0. The number of hydrogen-bond donors (Lipinski definition) is 2. The van der Waals surface area contributed by atoms with Crippen LogP contribution in [0.2, 0.25) is 0 Å². The second-order valence-corrected chi connectivity index (χ2v) is 21.5. The maximum absolute atomic E-state index is 14.0. The highest BCUT2D eigenvalue weighted by Gasteiger charge is 2.43. The van der Waals surface area contributed by atoms with Gasteiger partial charge in [-0.05, 0) is 124 Å². The van der Waals surface area contributed by atoms with Gasteiger partial charge in [-0.1, -0.05) is 126 Å². The first kappa shape index (κ1) is 59.9. The second-order valence-electron chi connectivity index (χ2n) is 21.5. The minimum Gasteiger partial charge on any atom is -0.484 e. The summed E-state index contributed by atoms with van der Waals surface area (Å²) in [5, 5.41) is 5.47. The standard InChI is InChI=1S/C62H78N4O12/c1-7-61(3,4)55(69)57(71)65-37-17-15-29-49(65)59(73)77-51(33-31-43-21-11-9-12-22-43)45-25-19-27-47(39-45)75-41-53(67)63-35-36-64-54(68)42-76-48-28-20-26-46(40-48)52(34-32-44-23-13-10-14-24-44)78-60(74)50-30-16-18-38-66(50)58(72)56(70)62(5,6)8-2/h9-14,19-28,39-40,49-52H,7-8,15-18,29-38,41-42H2,1-6H3,(H,63,67)(H,64,68)/t49-,50-,51+,52+/m0/s1. The lowest BCUT2D eigenvalue weighted by molar-refractivity contribution is -0.165. The Morgan fingerprint density at radius 2 is 0.910 bits per heavy atom. The van der Waals surface area contributed by atoms with Gasteiger partial charge in [-0.2, -0.15) is 0 Å². The third-order valence-corrected chi connectivity index (χ3v) is 15.0. The largest absolute Gasteiger partial charge is 0.484 e. The Hall–Kier alpha value is -7.36.